The van der Waals surface area contributed by atoms with Crippen molar-refractivity contribution in [3.05, 3.63) is 12.7 Å². The molecule has 0 aliphatic rings. The zero-order valence-corrected chi connectivity index (χ0v) is 33.9. The molecule has 0 saturated carbocycles. The molecule has 0 saturated heterocycles. The van der Waals surface area contributed by atoms with Gasteiger partial charge in [0.25, 0.3) is 0 Å². The lowest BCUT2D eigenvalue weighted by Gasteiger charge is -2.09. The molecule has 0 aromatic carbocycles. The third-order valence-corrected chi connectivity index (χ3v) is 5.76. The molecule has 7 heteroatoms. The topological polar surface area (TPSA) is 104 Å². The maximum absolute atomic E-state index is 11.4. The van der Waals surface area contributed by atoms with Crippen LogP contribution in [0.2, 0.25) is 0 Å². The number of carbonyl (C=O) groups excluding carboxylic acids is 5. The van der Waals surface area contributed by atoms with Crippen molar-refractivity contribution in [1.29, 1.82) is 0 Å². The van der Waals surface area contributed by atoms with Crippen LogP contribution in [0.5, 0.6) is 0 Å². The number of ether oxygens (including phenoxy) is 2. The summed E-state index contributed by atoms with van der Waals surface area (Å²) >= 11 is 0. The van der Waals surface area contributed by atoms with Gasteiger partial charge in [0.1, 0.15) is 11.6 Å². The highest BCUT2D eigenvalue weighted by molar-refractivity contribution is 5.86. The van der Waals surface area contributed by atoms with Crippen molar-refractivity contribution in [3.8, 4) is 0 Å². The smallest absolute Gasteiger partial charge is 0.305 e. The van der Waals surface area contributed by atoms with Crippen molar-refractivity contribution >= 4 is 29.3 Å². The number of unbranched alkanes of at least 4 members (excludes halogenated alkanes) is 6. The summed E-state index contributed by atoms with van der Waals surface area (Å²) in [6, 6.07) is 0. The van der Waals surface area contributed by atoms with E-state index in [-0.39, 0.29) is 45.8 Å². The minimum absolute atomic E-state index is 0. The number of Topliss-reactive ketones (excluding diaryl/α,β-unsaturated/α-hetero) is 2. The molecule has 7 nitrogen and oxygen atoms in total. The van der Waals surface area contributed by atoms with E-state index in [1.165, 1.54) is 19.4 Å². The number of ketones is 3. The summed E-state index contributed by atoms with van der Waals surface area (Å²) in [7, 11) is 0. The molecule has 0 amide bonds. The van der Waals surface area contributed by atoms with E-state index < -0.39 is 0 Å². The van der Waals surface area contributed by atoms with Crippen LogP contribution in [0.3, 0.4) is 0 Å². The van der Waals surface area contributed by atoms with Crippen LogP contribution in [0.15, 0.2) is 12.7 Å². The Labute approximate surface area is 315 Å². The highest BCUT2D eigenvalue weighted by Gasteiger charge is 2.08. The summed E-state index contributed by atoms with van der Waals surface area (Å²) < 4.78 is 10.1. The molecule has 1 unspecified atom stereocenters. The quantitative estimate of drug-likeness (QED) is 0.0659. The first kappa shape index (κ1) is 73.2. The van der Waals surface area contributed by atoms with Gasteiger partial charge in [-0.15, -0.1) is 0 Å². The van der Waals surface area contributed by atoms with Gasteiger partial charge in [0.05, 0.1) is 13.2 Å². The molecule has 0 aromatic rings. The van der Waals surface area contributed by atoms with Crippen LogP contribution in [0, 0.1) is 5.92 Å². The first-order chi connectivity index (χ1) is 22.4. The van der Waals surface area contributed by atoms with Crippen LogP contribution in [-0.2, 0) is 33.4 Å². The predicted octanol–water partition coefficient (Wildman–Crippen LogP) is 13.9. The standard InChI is InChI=1S/C14H26O3.C10H20O2.C6H12O.C4H6O.3C2H6.3CH4/c1-4-5-6-11-17-14(16)10-8-12(2)7-9-13(3)15;1-3-5-7-9-12-10(11)8-6-4-2;1-3-4-5-6(2)7;1-3-4(2)5;3*1-2;;;/h12H,4-11H2,1-3H3;3-9H2,1-2H3;3-5H2,1-2H3;3H,1H2,2H3;3*1-2H3;3*1H4. The van der Waals surface area contributed by atoms with E-state index in [1.54, 1.807) is 13.8 Å². The van der Waals surface area contributed by atoms with Crippen molar-refractivity contribution in [2.45, 2.75) is 222 Å². The fourth-order valence-electron chi connectivity index (χ4n) is 2.93. The molecule has 50 heavy (non-hydrogen) atoms. The second-order valence-electron chi connectivity index (χ2n) is 10.5. The van der Waals surface area contributed by atoms with E-state index in [0.717, 1.165) is 77.0 Å². The number of carbonyl (C=O) groups is 5. The lowest BCUT2D eigenvalue weighted by molar-refractivity contribution is -0.144. The van der Waals surface area contributed by atoms with Crippen molar-refractivity contribution in [3.63, 3.8) is 0 Å². The van der Waals surface area contributed by atoms with Gasteiger partial charge < -0.3 is 19.1 Å². The Hall–Kier alpha value is -2.31. The number of allylic oxidation sites excluding steroid dienone is 1. The summed E-state index contributed by atoms with van der Waals surface area (Å²) in [6.45, 7) is 31.6. The van der Waals surface area contributed by atoms with Crippen LogP contribution in [0.25, 0.3) is 0 Å². The summed E-state index contributed by atoms with van der Waals surface area (Å²) in [5.41, 5.74) is 0. The Balaban J connectivity index is -0.0000000533. The van der Waals surface area contributed by atoms with Gasteiger partial charge in [-0.3, -0.25) is 14.4 Å². The van der Waals surface area contributed by atoms with Gasteiger partial charge in [0.15, 0.2) is 5.78 Å². The third kappa shape index (κ3) is 104. The Kier molecular flexibility index (Phi) is 106. The summed E-state index contributed by atoms with van der Waals surface area (Å²) in [4.78, 5) is 53.0. The molecule has 0 bridgehead atoms. The molecule has 0 spiro atoms. The molecule has 0 aliphatic heterocycles. The van der Waals surface area contributed by atoms with Crippen molar-refractivity contribution in [2.24, 2.45) is 5.92 Å². The Bertz CT molecular complexity index is 658. The maximum Gasteiger partial charge on any atom is 0.305 e. The molecule has 0 aromatic heterocycles. The fourth-order valence-corrected chi connectivity index (χ4v) is 2.93. The molecule has 0 fully saturated rings. The van der Waals surface area contributed by atoms with Gasteiger partial charge in [-0.2, -0.15) is 0 Å². The van der Waals surface area contributed by atoms with Crippen LogP contribution < -0.4 is 0 Å². The van der Waals surface area contributed by atoms with Gasteiger partial charge in [0.2, 0.25) is 0 Å². The SMILES string of the molecule is C.C.C.C=CC(C)=O.CC.CC.CC.CCCCC(C)=O.CCCCCOC(=O)CCC(C)CCC(C)=O.CCCCCOC(=O)CCCC. The zero-order chi connectivity index (χ0) is 38.3. The van der Waals surface area contributed by atoms with E-state index in [1.807, 2.05) is 41.5 Å². The summed E-state index contributed by atoms with van der Waals surface area (Å²) in [6.07, 6.45) is 16.1. The third-order valence-electron chi connectivity index (χ3n) is 5.76. The lowest BCUT2D eigenvalue weighted by Crippen LogP contribution is -2.08. The molecule has 0 heterocycles. The maximum atomic E-state index is 11.4. The Morgan fingerprint density at radius 2 is 0.820 bits per heavy atom. The summed E-state index contributed by atoms with van der Waals surface area (Å²) in [5, 5.41) is 0. The lowest BCUT2D eigenvalue weighted by atomic mass is 9.99. The van der Waals surface area contributed by atoms with E-state index >= 15 is 0 Å². The molecule has 0 aliphatic carbocycles. The number of esters is 2. The van der Waals surface area contributed by atoms with Gasteiger partial charge in [-0.1, -0.05) is 144 Å². The van der Waals surface area contributed by atoms with E-state index in [2.05, 4.69) is 41.2 Å². The second-order valence-corrected chi connectivity index (χ2v) is 10.5. The van der Waals surface area contributed by atoms with Crippen molar-refractivity contribution in [2.75, 3.05) is 13.2 Å². The van der Waals surface area contributed by atoms with Crippen molar-refractivity contribution in [1.82, 2.24) is 0 Å². The molecular weight excluding hydrogens is 628 g/mol. The number of hydrogen-bond acceptors (Lipinski definition) is 7. The van der Waals surface area contributed by atoms with Gasteiger partial charge in [0, 0.05) is 25.7 Å². The molecule has 0 radical (unpaired) electrons. The zero-order valence-electron chi connectivity index (χ0n) is 33.9. The first-order valence-corrected chi connectivity index (χ1v) is 18.8. The average molecular weight is 723 g/mol. The highest BCUT2D eigenvalue weighted by Crippen LogP contribution is 2.13. The molecule has 308 valence electrons. The second kappa shape index (κ2) is 72.4. The molecule has 1 atom stereocenters. The van der Waals surface area contributed by atoms with Gasteiger partial charge >= 0.3 is 11.9 Å². The van der Waals surface area contributed by atoms with Gasteiger partial charge in [-0.25, -0.2) is 0 Å². The molecular formula is C43H94O7. The molecule has 0 N–H and O–H groups in total. The predicted molar refractivity (Wildman–Crippen MR) is 224 cm³/mol. The van der Waals surface area contributed by atoms with E-state index in [4.69, 9.17) is 9.47 Å². The van der Waals surface area contributed by atoms with Crippen LogP contribution in [0.1, 0.15) is 222 Å². The van der Waals surface area contributed by atoms with Crippen molar-refractivity contribution < 1.29 is 33.4 Å². The average Bonchev–Trinajstić information content (AvgIpc) is 3.08. The minimum atomic E-state index is -0.101. The van der Waals surface area contributed by atoms with Crippen LogP contribution in [0.4, 0.5) is 0 Å². The monoisotopic (exact) mass is 723 g/mol. The number of rotatable bonds is 21. The normalized spacial score (nSPS) is 8.76. The van der Waals surface area contributed by atoms with Crippen LogP contribution >= 0.6 is 0 Å². The minimum Gasteiger partial charge on any atom is -0.466 e. The highest BCUT2D eigenvalue weighted by atomic mass is 16.5. The Morgan fingerprint density at radius 1 is 0.520 bits per heavy atom. The molecule has 0 rings (SSSR count). The summed E-state index contributed by atoms with van der Waals surface area (Å²) in [5.74, 6) is 0.830. The first-order valence-electron chi connectivity index (χ1n) is 18.8. The fraction of sp³-hybridized carbons (Fsp3) is 0.837. The Morgan fingerprint density at radius 3 is 1.10 bits per heavy atom. The van der Waals surface area contributed by atoms with Gasteiger partial charge in [-0.05, 0) is 71.3 Å². The van der Waals surface area contributed by atoms with E-state index in [9.17, 15) is 24.0 Å². The van der Waals surface area contributed by atoms with E-state index in [0.29, 0.717) is 44.2 Å². The largest absolute Gasteiger partial charge is 0.466 e. The number of hydrogen-bond donors (Lipinski definition) is 0. The van der Waals surface area contributed by atoms with Crippen LogP contribution in [-0.4, -0.2) is 42.5 Å².